The highest BCUT2D eigenvalue weighted by molar-refractivity contribution is 7.91. The average Bonchev–Trinajstić information content (AvgIpc) is 2.80. The second-order valence-electron chi connectivity index (χ2n) is 5.96. The van der Waals surface area contributed by atoms with E-state index in [2.05, 4.69) is 5.32 Å². The molecule has 134 valence electrons. The first kappa shape index (κ1) is 17.8. The number of rotatable bonds is 5. The van der Waals surface area contributed by atoms with Crippen molar-refractivity contribution in [2.24, 2.45) is 0 Å². The monoisotopic (exact) mass is 372 g/mol. The second-order valence-corrected chi connectivity index (χ2v) is 8.03. The van der Waals surface area contributed by atoms with Crippen molar-refractivity contribution in [2.75, 3.05) is 18.1 Å². The van der Waals surface area contributed by atoms with Gasteiger partial charge in [-0.1, -0.05) is 36.4 Å². The average molecular weight is 372 g/mol. The van der Waals surface area contributed by atoms with E-state index in [1.807, 2.05) is 0 Å². The van der Waals surface area contributed by atoms with Crippen LogP contribution in [0.3, 0.4) is 0 Å². The van der Waals surface area contributed by atoms with Crippen LogP contribution in [0.4, 0.5) is 5.69 Å². The van der Waals surface area contributed by atoms with Crippen LogP contribution in [-0.2, 0) is 20.4 Å². The number of sulfone groups is 1. The van der Waals surface area contributed by atoms with E-state index in [0.29, 0.717) is 5.56 Å². The maximum atomic E-state index is 12.2. The minimum absolute atomic E-state index is 0.0776. The SMILES string of the molecule is CN1C(=O)c2cccc(NC(=O)CS(=O)(=O)Cc3ccccc3)c2C1=O. The van der Waals surface area contributed by atoms with Gasteiger partial charge in [-0.05, 0) is 17.7 Å². The number of nitrogens with one attached hydrogen (secondary N) is 1. The predicted molar refractivity (Wildman–Crippen MR) is 95.4 cm³/mol. The summed E-state index contributed by atoms with van der Waals surface area (Å²) in [7, 11) is -2.33. The van der Waals surface area contributed by atoms with Crippen LogP contribution in [0.2, 0.25) is 0 Å². The van der Waals surface area contributed by atoms with Gasteiger partial charge in [0.15, 0.2) is 9.84 Å². The van der Waals surface area contributed by atoms with E-state index in [9.17, 15) is 22.8 Å². The van der Waals surface area contributed by atoms with Gasteiger partial charge >= 0.3 is 0 Å². The van der Waals surface area contributed by atoms with Gasteiger partial charge in [0, 0.05) is 7.05 Å². The molecule has 0 aliphatic carbocycles. The van der Waals surface area contributed by atoms with Crippen molar-refractivity contribution in [3.8, 4) is 0 Å². The Labute approximate surface area is 150 Å². The summed E-state index contributed by atoms with van der Waals surface area (Å²) in [6.07, 6.45) is 0. The van der Waals surface area contributed by atoms with Crippen molar-refractivity contribution >= 4 is 33.2 Å². The van der Waals surface area contributed by atoms with E-state index >= 15 is 0 Å². The fourth-order valence-electron chi connectivity index (χ4n) is 2.77. The predicted octanol–water partition coefficient (Wildman–Crippen LogP) is 1.47. The highest BCUT2D eigenvalue weighted by Crippen LogP contribution is 2.28. The van der Waals surface area contributed by atoms with E-state index in [4.69, 9.17) is 0 Å². The number of hydrogen-bond donors (Lipinski definition) is 1. The Morgan fingerprint density at radius 3 is 2.38 bits per heavy atom. The second kappa shape index (κ2) is 6.72. The van der Waals surface area contributed by atoms with Crippen molar-refractivity contribution in [3.05, 3.63) is 65.2 Å². The van der Waals surface area contributed by atoms with Gasteiger partial charge in [-0.3, -0.25) is 19.3 Å². The minimum Gasteiger partial charge on any atom is -0.324 e. The van der Waals surface area contributed by atoms with Gasteiger partial charge in [0.2, 0.25) is 5.91 Å². The highest BCUT2D eigenvalue weighted by Gasteiger charge is 2.35. The molecule has 2 aromatic rings. The topological polar surface area (TPSA) is 101 Å². The molecule has 0 fully saturated rings. The molecule has 0 radical (unpaired) electrons. The zero-order valence-corrected chi connectivity index (χ0v) is 14.7. The number of carbonyl (C=O) groups excluding carboxylic acids is 3. The molecule has 3 rings (SSSR count). The lowest BCUT2D eigenvalue weighted by atomic mass is 10.1. The van der Waals surface area contributed by atoms with Crippen molar-refractivity contribution in [2.45, 2.75) is 5.75 Å². The molecule has 0 bridgehead atoms. The van der Waals surface area contributed by atoms with Gasteiger partial charge < -0.3 is 5.32 Å². The Kier molecular flexibility index (Phi) is 4.60. The van der Waals surface area contributed by atoms with Crippen molar-refractivity contribution in [1.82, 2.24) is 4.90 Å². The van der Waals surface area contributed by atoms with Crippen LogP contribution >= 0.6 is 0 Å². The quantitative estimate of drug-likeness (QED) is 0.801. The lowest BCUT2D eigenvalue weighted by Gasteiger charge is -2.09. The Bertz CT molecular complexity index is 999. The van der Waals surface area contributed by atoms with Crippen LogP contribution in [0, 0.1) is 0 Å². The van der Waals surface area contributed by atoms with E-state index in [1.54, 1.807) is 30.3 Å². The number of hydrogen-bond acceptors (Lipinski definition) is 5. The summed E-state index contributed by atoms with van der Waals surface area (Å²) in [5, 5.41) is 2.44. The third-order valence-electron chi connectivity index (χ3n) is 3.97. The summed E-state index contributed by atoms with van der Waals surface area (Å²) >= 11 is 0. The molecule has 8 heteroatoms. The molecule has 2 aromatic carbocycles. The van der Waals surface area contributed by atoms with Crippen LogP contribution < -0.4 is 5.32 Å². The first-order chi connectivity index (χ1) is 12.3. The van der Waals surface area contributed by atoms with Crippen molar-refractivity contribution in [1.29, 1.82) is 0 Å². The highest BCUT2D eigenvalue weighted by atomic mass is 32.2. The maximum absolute atomic E-state index is 12.2. The Hall–Kier alpha value is -3.00. The van der Waals surface area contributed by atoms with Crippen LogP contribution in [0.25, 0.3) is 0 Å². The molecule has 0 atom stereocenters. The third kappa shape index (κ3) is 3.50. The van der Waals surface area contributed by atoms with Gasteiger partial charge in [-0.15, -0.1) is 0 Å². The van der Waals surface area contributed by atoms with Gasteiger partial charge in [-0.25, -0.2) is 8.42 Å². The van der Waals surface area contributed by atoms with Crippen molar-refractivity contribution in [3.63, 3.8) is 0 Å². The van der Waals surface area contributed by atoms with Crippen LogP contribution in [0.1, 0.15) is 26.3 Å². The fraction of sp³-hybridized carbons (Fsp3) is 0.167. The number of imide groups is 1. The molecule has 0 spiro atoms. The number of anilines is 1. The first-order valence-electron chi connectivity index (χ1n) is 7.78. The van der Waals surface area contributed by atoms with Gasteiger partial charge in [-0.2, -0.15) is 0 Å². The summed E-state index contributed by atoms with van der Waals surface area (Å²) in [5.74, 6) is -2.73. The normalized spacial score (nSPS) is 13.7. The number of fused-ring (bicyclic) bond motifs is 1. The molecule has 1 aliphatic heterocycles. The van der Waals surface area contributed by atoms with Crippen molar-refractivity contribution < 1.29 is 22.8 Å². The first-order valence-corrected chi connectivity index (χ1v) is 9.60. The molecular formula is C18H16N2O5S. The Balaban J connectivity index is 1.76. The fourth-order valence-corrected chi connectivity index (χ4v) is 4.04. The Morgan fingerprint density at radius 2 is 1.69 bits per heavy atom. The molecule has 0 aromatic heterocycles. The number of benzene rings is 2. The number of amides is 3. The molecule has 7 nitrogen and oxygen atoms in total. The van der Waals surface area contributed by atoms with E-state index in [0.717, 1.165) is 4.90 Å². The lowest BCUT2D eigenvalue weighted by molar-refractivity contribution is -0.113. The molecule has 26 heavy (non-hydrogen) atoms. The van der Waals surface area contributed by atoms with Crippen LogP contribution in [0.15, 0.2) is 48.5 Å². The van der Waals surface area contributed by atoms with E-state index in [-0.39, 0.29) is 22.6 Å². The lowest BCUT2D eigenvalue weighted by Crippen LogP contribution is -2.26. The number of carbonyl (C=O) groups is 3. The molecule has 0 saturated heterocycles. The molecule has 1 N–H and O–H groups in total. The van der Waals surface area contributed by atoms with Crippen LogP contribution in [0.5, 0.6) is 0 Å². The van der Waals surface area contributed by atoms with Crippen LogP contribution in [-0.4, -0.2) is 43.8 Å². The molecular weight excluding hydrogens is 356 g/mol. The van der Waals surface area contributed by atoms with Gasteiger partial charge in [0.1, 0.15) is 5.75 Å². The molecule has 3 amide bonds. The maximum Gasteiger partial charge on any atom is 0.263 e. The largest absolute Gasteiger partial charge is 0.324 e. The number of nitrogens with zero attached hydrogens (tertiary/aromatic N) is 1. The van der Waals surface area contributed by atoms with E-state index < -0.39 is 33.3 Å². The standard InChI is InChI=1S/C18H16N2O5S/c1-20-17(22)13-8-5-9-14(16(13)18(20)23)19-15(21)11-26(24,25)10-12-6-3-2-4-7-12/h2-9H,10-11H2,1H3,(H,19,21). The molecule has 1 heterocycles. The smallest absolute Gasteiger partial charge is 0.263 e. The summed E-state index contributed by atoms with van der Waals surface area (Å²) in [6, 6.07) is 13.0. The molecule has 1 aliphatic rings. The molecule has 0 unspecified atom stereocenters. The van der Waals surface area contributed by atoms with Gasteiger partial charge in [0.05, 0.1) is 22.6 Å². The summed E-state index contributed by atoms with van der Waals surface area (Å²) in [6.45, 7) is 0. The Morgan fingerprint density at radius 1 is 1.00 bits per heavy atom. The molecule has 0 saturated carbocycles. The summed E-state index contributed by atoms with van der Waals surface area (Å²) in [4.78, 5) is 37.3. The van der Waals surface area contributed by atoms with E-state index in [1.165, 1.54) is 25.2 Å². The summed E-state index contributed by atoms with van der Waals surface area (Å²) < 4.78 is 24.4. The summed E-state index contributed by atoms with van der Waals surface area (Å²) in [5.41, 5.74) is 0.977. The van der Waals surface area contributed by atoms with Gasteiger partial charge in [0.25, 0.3) is 11.8 Å². The minimum atomic E-state index is -3.68. The zero-order chi connectivity index (χ0) is 18.9. The zero-order valence-electron chi connectivity index (χ0n) is 13.9. The third-order valence-corrected chi connectivity index (χ3v) is 5.45.